The van der Waals surface area contributed by atoms with Crippen molar-refractivity contribution in [3.8, 4) is 11.5 Å². The number of nitrogens with one attached hydrogen (secondary N) is 2. The van der Waals surface area contributed by atoms with Gasteiger partial charge in [-0.15, -0.1) is 0 Å². The van der Waals surface area contributed by atoms with E-state index in [0.29, 0.717) is 11.1 Å². The maximum Gasteiger partial charge on any atom is 0.278 e. The fraction of sp³-hybridized carbons (Fsp3) is 0.176. The summed E-state index contributed by atoms with van der Waals surface area (Å²) >= 11 is 0. The number of hydrogen-bond donors (Lipinski definition) is 6. The van der Waals surface area contributed by atoms with Crippen molar-refractivity contribution in [3.05, 3.63) is 58.7 Å². The quantitative estimate of drug-likeness (QED) is 0.368. The highest BCUT2D eigenvalue weighted by Crippen LogP contribution is 2.35. The molecule has 25 heavy (non-hydrogen) atoms. The van der Waals surface area contributed by atoms with Gasteiger partial charge in [-0.05, 0) is 35.4 Å². The Bertz CT molecular complexity index is 764. The highest BCUT2D eigenvalue weighted by atomic mass is 16.5. The fourth-order valence-electron chi connectivity index (χ4n) is 2.50. The van der Waals surface area contributed by atoms with Crippen LogP contribution in [-0.4, -0.2) is 32.4 Å². The van der Waals surface area contributed by atoms with E-state index < -0.39 is 17.2 Å². The van der Waals surface area contributed by atoms with Crippen LogP contribution in [0.25, 0.3) is 0 Å². The van der Waals surface area contributed by atoms with Crippen LogP contribution in [0.5, 0.6) is 11.5 Å². The smallest absolute Gasteiger partial charge is 0.278 e. The van der Waals surface area contributed by atoms with E-state index in [0.717, 1.165) is 0 Å². The lowest BCUT2D eigenvalue weighted by atomic mass is 9.77. The first-order valence-corrected chi connectivity index (χ1v) is 7.28. The lowest BCUT2D eigenvalue weighted by Crippen LogP contribution is -2.24. The third-order valence-electron chi connectivity index (χ3n) is 4.13. The molecule has 0 spiro atoms. The van der Waals surface area contributed by atoms with Gasteiger partial charge in [0.15, 0.2) is 0 Å². The van der Waals surface area contributed by atoms with Crippen molar-refractivity contribution in [3.63, 3.8) is 0 Å². The lowest BCUT2D eigenvalue weighted by molar-refractivity contribution is 0.0699. The molecule has 2 aromatic carbocycles. The van der Waals surface area contributed by atoms with Crippen molar-refractivity contribution in [2.45, 2.75) is 19.3 Å². The Hall–Kier alpha value is -3.10. The third-order valence-corrected chi connectivity index (χ3v) is 4.13. The minimum Gasteiger partial charge on any atom is -0.507 e. The second-order valence-electron chi connectivity index (χ2n) is 5.97. The fourth-order valence-corrected chi connectivity index (χ4v) is 2.50. The van der Waals surface area contributed by atoms with Crippen LogP contribution in [0.2, 0.25) is 0 Å². The number of benzene rings is 2. The Morgan fingerprint density at radius 1 is 0.800 bits per heavy atom. The molecule has 0 aromatic heterocycles. The number of rotatable bonds is 4. The van der Waals surface area contributed by atoms with Gasteiger partial charge in [0.1, 0.15) is 11.5 Å². The van der Waals surface area contributed by atoms with Crippen LogP contribution in [-0.2, 0) is 5.41 Å². The molecule has 0 aliphatic rings. The first-order valence-electron chi connectivity index (χ1n) is 7.28. The summed E-state index contributed by atoms with van der Waals surface area (Å²) in [7, 11) is 0. The Labute approximate surface area is 143 Å². The molecular formula is C17H18N2O6. The SMILES string of the molecule is CC(C)(c1ccc(O)c(C(=O)NO)c1)c1ccc(O)c(C(=O)NO)c1. The molecule has 0 unspecified atom stereocenters. The zero-order valence-electron chi connectivity index (χ0n) is 13.6. The van der Waals surface area contributed by atoms with Gasteiger partial charge in [0, 0.05) is 5.41 Å². The highest BCUT2D eigenvalue weighted by Gasteiger charge is 2.27. The Kier molecular flexibility index (Phi) is 4.96. The van der Waals surface area contributed by atoms with E-state index in [1.807, 2.05) is 13.8 Å². The number of amides is 2. The number of hydrogen-bond acceptors (Lipinski definition) is 6. The maximum absolute atomic E-state index is 11.6. The van der Waals surface area contributed by atoms with Gasteiger partial charge in [-0.2, -0.15) is 0 Å². The Morgan fingerprint density at radius 2 is 1.16 bits per heavy atom. The second-order valence-corrected chi connectivity index (χ2v) is 5.97. The van der Waals surface area contributed by atoms with Crippen molar-refractivity contribution < 1.29 is 30.2 Å². The van der Waals surface area contributed by atoms with E-state index in [4.69, 9.17) is 10.4 Å². The average molecular weight is 346 g/mol. The summed E-state index contributed by atoms with van der Waals surface area (Å²) in [5.41, 5.74) is 3.22. The average Bonchev–Trinajstić information content (AvgIpc) is 2.60. The van der Waals surface area contributed by atoms with E-state index in [1.165, 1.54) is 35.2 Å². The van der Waals surface area contributed by atoms with Crippen molar-refractivity contribution in [1.29, 1.82) is 0 Å². The van der Waals surface area contributed by atoms with Gasteiger partial charge in [0.2, 0.25) is 0 Å². The van der Waals surface area contributed by atoms with Gasteiger partial charge in [-0.3, -0.25) is 20.0 Å². The van der Waals surface area contributed by atoms with Crippen LogP contribution in [0.15, 0.2) is 36.4 Å². The Morgan fingerprint density at radius 3 is 1.48 bits per heavy atom. The van der Waals surface area contributed by atoms with Crippen molar-refractivity contribution in [1.82, 2.24) is 11.0 Å². The molecule has 0 aliphatic carbocycles. The molecule has 0 saturated carbocycles. The number of carbonyl (C=O) groups is 2. The summed E-state index contributed by atoms with van der Waals surface area (Å²) in [6.07, 6.45) is 0. The molecule has 132 valence electrons. The highest BCUT2D eigenvalue weighted by molar-refractivity contribution is 5.97. The number of phenolic OH excluding ortho intramolecular Hbond substituents is 2. The molecule has 2 rings (SSSR count). The van der Waals surface area contributed by atoms with Crippen LogP contribution in [0.4, 0.5) is 0 Å². The van der Waals surface area contributed by atoms with Crippen LogP contribution in [0, 0.1) is 0 Å². The molecular weight excluding hydrogens is 328 g/mol. The van der Waals surface area contributed by atoms with Crippen molar-refractivity contribution >= 4 is 11.8 Å². The molecule has 0 aliphatic heterocycles. The zero-order valence-corrected chi connectivity index (χ0v) is 13.6. The topological polar surface area (TPSA) is 139 Å². The predicted molar refractivity (Wildman–Crippen MR) is 86.8 cm³/mol. The molecule has 0 fully saturated rings. The summed E-state index contributed by atoms with van der Waals surface area (Å²) in [5, 5.41) is 37.1. The van der Waals surface area contributed by atoms with Gasteiger partial charge >= 0.3 is 0 Å². The molecule has 6 N–H and O–H groups in total. The Balaban J connectivity index is 2.55. The summed E-state index contributed by atoms with van der Waals surface area (Å²) in [6.45, 7) is 3.63. The van der Waals surface area contributed by atoms with Gasteiger partial charge in [-0.25, -0.2) is 11.0 Å². The summed E-state index contributed by atoms with van der Waals surface area (Å²) in [5.74, 6) is -2.31. The van der Waals surface area contributed by atoms with Crippen LogP contribution in [0.3, 0.4) is 0 Å². The van der Waals surface area contributed by atoms with Gasteiger partial charge in [0.25, 0.3) is 11.8 Å². The molecule has 8 heteroatoms. The number of carbonyl (C=O) groups excluding carboxylic acids is 2. The van der Waals surface area contributed by atoms with Crippen molar-refractivity contribution in [2.24, 2.45) is 0 Å². The van der Waals surface area contributed by atoms with E-state index in [2.05, 4.69) is 0 Å². The minimum absolute atomic E-state index is 0.111. The summed E-state index contributed by atoms with van der Waals surface area (Å²) < 4.78 is 0. The van der Waals surface area contributed by atoms with Gasteiger partial charge in [0.05, 0.1) is 11.1 Å². The zero-order chi connectivity index (χ0) is 18.8. The number of aromatic hydroxyl groups is 2. The molecule has 8 nitrogen and oxygen atoms in total. The molecule has 0 atom stereocenters. The van der Waals surface area contributed by atoms with Crippen LogP contribution in [0.1, 0.15) is 45.7 Å². The first kappa shape index (κ1) is 18.2. The molecule has 2 aromatic rings. The van der Waals surface area contributed by atoms with E-state index in [1.54, 1.807) is 12.1 Å². The maximum atomic E-state index is 11.6. The second kappa shape index (κ2) is 6.80. The third kappa shape index (κ3) is 3.39. The minimum atomic E-state index is -0.860. The first-order chi connectivity index (χ1) is 11.7. The van der Waals surface area contributed by atoms with Crippen LogP contribution < -0.4 is 11.0 Å². The van der Waals surface area contributed by atoms with E-state index in [-0.39, 0.29) is 22.6 Å². The predicted octanol–water partition coefficient (Wildman–Crippen LogP) is 1.66. The van der Waals surface area contributed by atoms with Crippen molar-refractivity contribution in [2.75, 3.05) is 0 Å². The van der Waals surface area contributed by atoms with Crippen LogP contribution >= 0.6 is 0 Å². The van der Waals surface area contributed by atoms with E-state index >= 15 is 0 Å². The monoisotopic (exact) mass is 346 g/mol. The molecule has 0 bridgehead atoms. The molecule has 2 amide bonds. The molecule has 0 saturated heterocycles. The molecule has 0 heterocycles. The lowest BCUT2D eigenvalue weighted by Gasteiger charge is -2.27. The standard InChI is InChI=1S/C17H18N2O6/c1-17(2,9-3-5-13(20)11(7-9)15(22)18-24)10-4-6-14(21)12(8-10)16(23)19-25/h3-8,20-21,24-25H,1-2H3,(H,18,22)(H,19,23). The van der Waals surface area contributed by atoms with Gasteiger partial charge < -0.3 is 10.2 Å². The number of phenols is 2. The summed E-state index contributed by atoms with van der Waals surface area (Å²) in [4.78, 5) is 23.3. The molecule has 0 radical (unpaired) electrons. The number of hydroxylamine groups is 2. The normalized spacial score (nSPS) is 11.0. The largest absolute Gasteiger partial charge is 0.507 e. The van der Waals surface area contributed by atoms with E-state index in [9.17, 15) is 19.8 Å². The van der Waals surface area contributed by atoms with Gasteiger partial charge in [-0.1, -0.05) is 26.0 Å². The summed E-state index contributed by atoms with van der Waals surface area (Å²) in [6, 6.07) is 8.68.